The molecule has 4 nitrogen and oxygen atoms in total. The van der Waals surface area contributed by atoms with E-state index >= 15 is 0 Å². The maximum Gasteiger partial charge on any atom is 0.394 e. The van der Waals surface area contributed by atoms with Crippen LogP contribution in [0.2, 0.25) is 0 Å². The quantitative estimate of drug-likeness (QED) is 0.621. The number of carboxylic acids is 1. The van der Waals surface area contributed by atoms with Crippen molar-refractivity contribution in [2.75, 3.05) is 7.05 Å². The predicted octanol–water partition coefficient (Wildman–Crippen LogP) is 0.574. The van der Waals surface area contributed by atoms with Gasteiger partial charge in [0.05, 0.1) is 0 Å². The molecule has 0 aliphatic carbocycles. The van der Waals surface area contributed by atoms with E-state index in [-0.39, 0.29) is 12.0 Å². The summed E-state index contributed by atoms with van der Waals surface area (Å²) in [6, 6.07) is -0.0476. The van der Waals surface area contributed by atoms with E-state index < -0.39 is 11.9 Å². The third-order valence-corrected chi connectivity index (χ3v) is 2.08. The van der Waals surface area contributed by atoms with Crippen LogP contribution in [0, 0.1) is 5.92 Å². The van der Waals surface area contributed by atoms with Gasteiger partial charge in [-0.05, 0) is 12.8 Å². The van der Waals surface area contributed by atoms with Crippen LogP contribution in [0.25, 0.3) is 0 Å². The van der Waals surface area contributed by atoms with Crippen molar-refractivity contribution in [1.29, 1.82) is 0 Å². The van der Waals surface area contributed by atoms with Gasteiger partial charge in [0.15, 0.2) is 0 Å². The van der Waals surface area contributed by atoms with Crippen LogP contribution in [0.5, 0.6) is 0 Å². The standard InChI is InChI=1S/C8H15NO3/c1-5(2)6(3)9(4)7(10)8(11)12/h5-6H,1-4H3,(H,11,12). The summed E-state index contributed by atoms with van der Waals surface area (Å²) in [4.78, 5) is 22.4. The van der Waals surface area contributed by atoms with Gasteiger partial charge in [-0.2, -0.15) is 0 Å². The fourth-order valence-electron chi connectivity index (χ4n) is 0.783. The summed E-state index contributed by atoms with van der Waals surface area (Å²) in [5, 5.41) is 8.39. The molecule has 0 aromatic carbocycles. The molecule has 0 aliphatic heterocycles. The second kappa shape index (κ2) is 4.09. The zero-order valence-corrected chi connectivity index (χ0v) is 7.87. The molecule has 0 rings (SSSR count). The lowest BCUT2D eigenvalue weighted by molar-refractivity contribution is -0.156. The van der Waals surface area contributed by atoms with Crippen LogP contribution in [-0.4, -0.2) is 35.0 Å². The van der Waals surface area contributed by atoms with Gasteiger partial charge in [0.25, 0.3) is 0 Å². The number of likely N-dealkylation sites (N-methyl/N-ethyl adjacent to an activating group) is 1. The van der Waals surface area contributed by atoms with Crippen molar-refractivity contribution in [3.05, 3.63) is 0 Å². The van der Waals surface area contributed by atoms with E-state index in [0.29, 0.717) is 0 Å². The van der Waals surface area contributed by atoms with Gasteiger partial charge >= 0.3 is 11.9 Å². The summed E-state index contributed by atoms with van der Waals surface area (Å²) in [7, 11) is 1.50. The predicted molar refractivity (Wildman–Crippen MR) is 44.7 cm³/mol. The Morgan fingerprint density at radius 3 is 1.92 bits per heavy atom. The molecule has 0 saturated heterocycles. The zero-order valence-electron chi connectivity index (χ0n) is 7.87. The molecule has 0 fully saturated rings. The van der Waals surface area contributed by atoms with E-state index in [4.69, 9.17) is 5.11 Å². The Balaban J connectivity index is 4.29. The molecular formula is C8H15NO3. The van der Waals surface area contributed by atoms with E-state index in [9.17, 15) is 9.59 Å². The van der Waals surface area contributed by atoms with Crippen molar-refractivity contribution in [3.63, 3.8) is 0 Å². The van der Waals surface area contributed by atoms with Gasteiger partial charge in [0, 0.05) is 13.1 Å². The largest absolute Gasteiger partial charge is 0.474 e. The number of amides is 1. The molecule has 1 atom stereocenters. The molecular weight excluding hydrogens is 158 g/mol. The van der Waals surface area contributed by atoms with Gasteiger partial charge in [-0.3, -0.25) is 4.79 Å². The van der Waals surface area contributed by atoms with Crippen molar-refractivity contribution in [2.24, 2.45) is 5.92 Å². The Morgan fingerprint density at radius 2 is 1.67 bits per heavy atom. The summed E-state index contributed by atoms with van der Waals surface area (Å²) in [5.41, 5.74) is 0. The van der Waals surface area contributed by atoms with E-state index in [1.165, 1.54) is 11.9 Å². The molecule has 0 aromatic heterocycles. The van der Waals surface area contributed by atoms with Gasteiger partial charge in [-0.1, -0.05) is 13.8 Å². The first-order valence-electron chi connectivity index (χ1n) is 3.88. The second-order valence-electron chi connectivity index (χ2n) is 3.21. The highest BCUT2D eigenvalue weighted by molar-refractivity contribution is 6.31. The Hall–Kier alpha value is -1.06. The number of aliphatic carboxylic acids is 1. The van der Waals surface area contributed by atoms with Crippen LogP contribution in [0.4, 0.5) is 0 Å². The molecule has 0 aromatic rings. The monoisotopic (exact) mass is 173 g/mol. The highest BCUT2D eigenvalue weighted by Gasteiger charge is 2.23. The molecule has 12 heavy (non-hydrogen) atoms. The van der Waals surface area contributed by atoms with Crippen LogP contribution in [-0.2, 0) is 9.59 Å². The topological polar surface area (TPSA) is 57.6 Å². The smallest absolute Gasteiger partial charge is 0.394 e. The number of carbonyl (C=O) groups excluding carboxylic acids is 1. The average Bonchev–Trinajstić information content (AvgIpc) is 2.00. The van der Waals surface area contributed by atoms with Gasteiger partial charge in [0.1, 0.15) is 0 Å². The van der Waals surface area contributed by atoms with Crippen molar-refractivity contribution >= 4 is 11.9 Å². The number of nitrogens with zero attached hydrogens (tertiary/aromatic N) is 1. The molecule has 0 saturated carbocycles. The highest BCUT2D eigenvalue weighted by Crippen LogP contribution is 2.07. The number of carboxylic acid groups (broad SMARTS) is 1. The first-order chi connectivity index (χ1) is 5.37. The third-order valence-electron chi connectivity index (χ3n) is 2.08. The van der Waals surface area contributed by atoms with Crippen LogP contribution >= 0.6 is 0 Å². The van der Waals surface area contributed by atoms with Crippen LogP contribution < -0.4 is 0 Å². The molecule has 0 bridgehead atoms. The molecule has 0 aliphatic rings. The van der Waals surface area contributed by atoms with Gasteiger partial charge < -0.3 is 10.0 Å². The zero-order chi connectivity index (χ0) is 9.89. The lowest BCUT2D eigenvalue weighted by Crippen LogP contribution is -2.41. The molecule has 1 N–H and O–H groups in total. The fourth-order valence-corrected chi connectivity index (χ4v) is 0.783. The summed E-state index contributed by atoms with van der Waals surface area (Å²) in [5.74, 6) is -1.99. The third kappa shape index (κ3) is 2.53. The Kier molecular flexibility index (Phi) is 3.73. The average molecular weight is 173 g/mol. The summed E-state index contributed by atoms with van der Waals surface area (Å²) in [6.07, 6.45) is 0. The Morgan fingerprint density at radius 1 is 1.25 bits per heavy atom. The number of rotatable bonds is 2. The number of hydrogen-bond acceptors (Lipinski definition) is 2. The van der Waals surface area contributed by atoms with E-state index in [2.05, 4.69) is 0 Å². The van der Waals surface area contributed by atoms with Gasteiger partial charge in [-0.15, -0.1) is 0 Å². The van der Waals surface area contributed by atoms with E-state index in [0.717, 1.165) is 0 Å². The maximum atomic E-state index is 10.9. The molecule has 0 heterocycles. The lowest BCUT2D eigenvalue weighted by Gasteiger charge is -2.26. The minimum Gasteiger partial charge on any atom is -0.474 e. The van der Waals surface area contributed by atoms with Gasteiger partial charge in [-0.25, -0.2) is 4.79 Å². The van der Waals surface area contributed by atoms with E-state index in [1.54, 1.807) is 0 Å². The van der Waals surface area contributed by atoms with E-state index in [1.807, 2.05) is 20.8 Å². The fraction of sp³-hybridized carbons (Fsp3) is 0.750. The SMILES string of the molecule is CC(C)C(C)N(C)C(=O)C(=O)O. The molecule has 0 spiro atoms. The lowest BCUT2D eigenvalue weighted by atomic mass is 10.1. The van der Waals surface area contributed by atoms with Crippen LogP contribution in [0.3, 0.4) is 0 Å². The van der Waals surface area contributed by atoms with Crippen molar-refractivity contribution in [2.45, 2.75) is 26.8 Å². The first-order valence-corrected chi connectivity index (χ1v) is 3.88. The second-order valence-corrected chi connectivity index (χ2v) is 3.21. The number of carbonyl (C=O) groups is 2. The van der Waals surface area contributed by atoms with Crippen molar-refractivity contribution < 1.29 is 14.7 Å². The maximum absolute atomic E-state index is 10.9. The molecule has 4 heteroatoms. The summed E-state index contributed by atoms with van der Waals surface area (Å²) >= 11 is 0. The summed E-state index contributed by atoms with van der Waals surface area (Å²) < 4.78 is 0. The number of hydrogen-bond donors (Lipinski definition) is 1. The summed E-state index contributed by atoms with van der Waals surface area (Å²) in [6.45, 7) is 5.71. The highest BCUT2D eigenvalue weighted by atomic mass is 16.4. The minimum absolute atomic E-state index is 0.0476. The molecule has 1 amide bonds. The molecule has 70 valence electrons. The minimum atomic E-state index is -1.40. The molecule has 0 radical (unpaired) electrons. The Labute approximate surface area is 72.2 Å². The molecule has 1 unspecified atom stereocenters. The first kappa shape index (κ1) is 10.9. The normalized spacial score (nSPS) is 12.8. The van der Waals surface area contributed by atoms with Crippen molar-refractivity contribution in [1.82, 2.24) is 4.90 Å². The van der Waals surface area contributed by atoms with Crippen molar-refractivity contribution in [3.8, 4) is 0 Å². The van der Waals surface area contributed by atoms with Gasteiger partial charge in [0.2, 0.25) is 0 Å². The Bertz CT molecular complexity index is 189. The van der Waals surface area contributed by atoms with Crippen LogP contribution in [0.1, 0.15) is 20.8 Å². The van der Waals surface area contributed by atoms with Crippen LogP contribution in [0.15, 0.2) is 0 Å².